The summed E-state index contributed by atoms with van der Waals surface area (Å²) in [5, 5.41) is 19.7. The lowest BCUT2D eigenvalue weighted by molar-refractivity contribution is -0.255. The number of hydrogen-bond acceptors (Lipinski definition) is 6. The van der Waals surface area contributed by atoms with E-state index in [1.807, 2.05) is 6.07 Å². The first-order valence-electron chi connectivity index (χ1n) is 7.85. The highest BCUT2D eigenvalue weighted by molar-refractivity contribution is 5.97. The van der Waals surface area contributed by atoms with E-state index in [4.69, 9.17) is 14.7 Å². The van der Waals surface area contributed by atoms with E-state index >= 15 is 0 Å². The van der Waals surface area contributed by atoms with Gasteiger partial charge in [0.2, 0.25) is 0 Å². The van der Waals surface area contributed by atoms with Crippen molar-refractivity contribution < 1.29 is 24.2 Å². The molecule has 0 aliphatic rings. The molecule has 0 saturated carbocycles. The Kier molecular flexibility index (Phi) is 6.52. The molecular weight excluding hydrogens is 334 g/mol. The fraction of sp³-hybridized carbons (Fsp3) is 0.150. The molecule has 0 saturated heterocycles. The van der Waals surface area contributed by atoms with Gasteiger partial charge in [-0.2, -0.15) is 5.26 Å². The second-order valence-corrected chi connectivity index (χ2v) is 5.23. The van der Waals surface area contributed by atoms with Crippen LogP contribution in [0.15, 0.2) is 54.1 Å². The number of nitriles is 1. The van der Waals surface area contributed by atoms with Gasteiger partial charge in [-0.15, -0.1) is 0 Å². The maximum absolute atomic E-state index is 11.6. The summed E-state index contributed by atoms with van der Waals surface area (Å²) in [6.07, 6.45) is 1.44. The normalized spacial score (nSPS) is 10.7. The van der Waals surface area contributed by atoms with Crippen LogP contribution < -0.4 is 9.84 Å². The second-order valence-electron chi connectivity index (χ2n) is 5.23. The van der Waals surface area contributed by atoms with E-state index in [1.165, 1.54) is 18.2 Å². The van der Waals surface area contributed by atoms with Gasteiger partial charge in [0.25, 0.3) is 0 Å². The Bertz CT molecular complexity index is 845. The van der Waals surface area contributed by atoms with Crippen LogP contribution in [0.3, 0.4) is 0 Å². The van der Waals surface area contributed by atoms with Gasteiger partial charge in [-0.25, -0.2) is 4.79 Å². The third-order valence-electron chi connectivity index (χ3n) is 3.40. The minimum Gasteiger partial charge on any atom is -0.545 e. The maximum atomic E-state index is 11.6. The van der Waals surface area contributed by atoms with Crippen LogP contribution in [-0.2, 0) is 16.1 Å². The van der Waals surface area contributed by atoms with Crippen LogP contribution in [0.5, 0.6) is 5.75 Å². The molecule has 0 atom stereocenters. The molecule has 0 spiro atoms. The van der Waals surface area contributed by atoms with Crippen LogP contribution in [0.2, 0.25) is 0 Å². The monoisotopic (exact) mass is 350 g/mol. The van der Waals surface area contributed by atoms with Gasteiger partial charge < -0.3 is 19.4 Å². The highest BCUT2D eigenvalue weighted by Gasteiger charge is 2.09. The lowest BCUT2D eigenvalue weighted by Crippen LogP contribution is -2.22. The summed E-state index contributed by atoms with van der Waals surface area (Å²) in [4.78, 5) is 22.3. The summed E-state index contributed by atoms with van der Waals surface area (Å²) in [5.41, 5.74) is 1.52. The molecular formula is C20H16NO5-. The topological polar surface area (TPSA) is 99.5 Å². The molecule has 2 rings (SSSR count). The third kappa shape index (κ3) is 5.21. The van der Waals surface area contributed by atoms with Crippen molar-refractivity contribution in [2.45, 2.75) is 13.5 Å². The molecule has 6 nitrogen and oxygen atoms in total. The van der Waals surface area contributed by atoms with Gasteiger partial charge in [0, 0.05) is 0 Å². The smallest absolute Gasteiger partial charge is 0.348 e. The molecule has 0 amide bonds. The first-order chi connectivity index (χ1) is 12.5. The standard InChI is InChI=1S/C20H17NO5/c1-2-25-20(24)17(12-21)11-14-5-9-18(10-6-14)26-13-15-3-7-16(8-4-15)19(22)23/h3-11H,2,13H2,1H3,(H,22,23)/p-1/b17-11-. The second kappa shape index (κ2) is 9.04. The third-order valence-corrected chi connectivity index (χ3v) is 3.40. The molecule has 0 N–H and O–H groups in total. The molecule has 2 aromatic rings. The van der Waals surface area contributed by atoms with E-state index in [2.05, 4.69) is 0 Å². The highest BCUT2D eigenvalue weighted by atomic mass is 16.5. The van der Waals surface area contributed by atoms with Crippen molar-refractivity contribution >= 4 is 18.0 Å². The van der Waals surface area contributed by atoms with Crippen LogP contribution in [0.1, 0.15) is 28.4 Å². The molecule has 0 fully saturated rings. The van der Waals surface area contributed by atoms with Gasteiger partial charge in [-0.1, -0.05) is 36.4 Å². The number of nitrogens with zero attached hydrogens (tertiary/aromatic N) is 1. The number of benzene rings is 2. The van der Waals surface area contributed by atoms with Gasteiger partial charge in [0.05, 0.1) is 12.6 Å². The Labute approximate surface area is 150 Å². The van der Waals surface area contributed by atoms with E-state index in [0.717, 1.165) is 5.56 Å². The average molecular weight is 350 g/mol. The Morgan fingerprint density at radius 2 is 1.77 bits per heavy atom. The largest absolute Gasteiger partial charge is 0.545 e. The molecule has 0 bridgehead atoms. The molecule has 0 heterocycles. The summed E-state index contributed by atoms with van der Waals surface area (Å²) < 4.78 is 10.4. The van der Waals surface area contributed by atoms with Crippen molar-refractivity contribution in [1.29, 1.82) is 5.26 Å². The SMILES string of the molecule is CCOC(=O)/C(C#N)=C\c1ccc(OCc2ccc(C(=O)[O-])cc2)cc1. The fourth-order valence-corrected chi connectivity index (χ4v) is 2.08. The zero-order valence-electron chi connectivity index (χ0n) is 14.1. The van der Waals surface area contributed by atoms with Crippen molar-refractivity contribution in [2.24, 2.45) is 0 Å². The summed E-state index contributed by atoms with van der Waals surface area (Å²) in [6.45, 7) is 2.15. The van der Waals surface area contributed by atoms with Crippen molar-refractivity contribution in [1.82, 2.24) is 0 Å². The zero-order valence-corrected chi connectivity index (χ0v) is 14.1. The molecule has 0 radical (unpaired) electrons. The molecule has 26 heavy (non-hydrogen) atoms. The number of aromatic carboxylic acids is 1. The predicted octanol–water partition coefficient (Wildman–Crippen LogP) is 2.10. The number of hydrogen-bond donors (Lipinski definition) is 0. The lowest BCUT2D eigenvalue weighted by Gasteiger charge is -2.08. The molecule has 6 heteroatoms. The van der Waals surface area contributed by atoms with Crippen molar-refractivity contribution in [3.63, 3.8) is 0 Å². The predicted molar refractivity (Wildman–Crippen MR) is 91.8 cm³/mol. The minimum absolute atomic E-state index is 0.0754. The Hall–Kier alpha value is -3.59. The fourth-order valence-electron chi connectivity index (χ4n) is 2.08. The molecule has 2 aromatic carbocycles. The van der Waals surface area contributed by atoms with E-state index in [-0.39, 0.29) is 24.4 Å². The number of ether oxygens (including phenoxy) is 2. The van der Waals surface area contributed by atoms with Gasteiger partial charge >= 0.3 is 5.97 Å². The summed E-state index contributed by atoms with van der Waals surface area (Å²) in [6, 6.07) is 14.9. The number of rotatable bonds is 7. The van der Waals surface area contributed by atoms with Gasteiger partial charge in [0.15, 0.2) is 0 Å². The van der Waals surface area contributed by atoms with Crippen LogP contribution in [0.4, 0.5) is 0 Å². The Morgan fingerprint density at radius 3 is 2.31 bits per heavy atom. The van der Waals surface area contributed by atoms with Crippen molar-refractivity contribution in [3.8, 4) is 11.8 Å². The van der Waals surface area contributed by atoms with Crippen LogP contribution in [-0.4, -0.2) is 18.5 Å². The molecule has 0 aliphatic carbocycles. The van der Waals surface area contributed by atoms with Crippen LogP contribution in [0, 0.1) is 11.3 Å². The summed E-state index contributed by atoms with van der Waals surface area (Å²) in [5.74, 6) is -1.28. The number of carbonyl (C=O) groups excluding carboxylic acids is 2. The summed E-state index contributed by atoms with van der Waals surface area (Å²) >= 11 is 0. The molecule has 0 unspecified atom stereocenters. The Morgan fingerprint density at radius 1 is 1.12 bits per heavy atom. The number of carboxylic acid groups (broad SMARTS) is 1. The molecule has 0 aromatic heterocycles. The van der Waals surface area contributed by atoms with Gasteiger partial charge in [-0.05, 0) is 41.8 Å². The zero-order chi connectivity index (χ0) is 18.9. The van der Waals surface area contributed by atoms with E-state index < -0.39 is 11.9 Å². The first kappa shape index (κ1) is 18.7. The van der Waals surface area contributed by atoms with E-state index in [9.17, 15) is 14.7 Å². The number of carbonyl (C=O) groups is 2. The molecule has 0 aliphatic heterocycles. The number of esters is 1. The van der Waals surface area contributed by atoms with Crippen molar-refractivity contribution in [3.05, 3.63) is 70.8 Å². The maximum Gasteiger partial charge on any atom is 0.348 e. The van der Waals surface area contributed by atoms with Gasteiger partial charge in [0.1, 0.15) is 24.0 Å². The van der Waals surface area contributed by atoms with E-state index in [0.29, 0.717) is 11.3 Å². The first-order valence-corrected chi connectivity index (χ1v) is 7.85. The van der Waals surface area contributed by atoms with Gasteiger partial charge in [-0.3, -0.25) is 0 Å². The Balaban J connectivity index is 2.00. The molecule has 132 valence electrons. The minimum atomic E-state index is -1.22. The summed E-state index contributed by atoms with van der Waals surface area (Å²) in [7, 11) is 0. The number of carboxylic acids is 1. The van der Waals surface area contributed by atoms with Crippen molar-refractivity contribution in [2.75, 3.05) is 6.61 Å². The average Bonchev–Trinajstić information content (AvgIpc) is 2.65. The van der Waals surface area contributed by atoms with Crippen LogP contribution >= 0.6 is 0 Å². The quantitative estimate of drug-likeness (QED) is 0.431. The van der Waals surface area contributed by atoms with Crippen LogP contribution in [0.25, 0.3) is 6.08 Å². The highest BCUT2D eigenvalue weighted by Crippen LogP contribution is 2.17. The lowest BCUT2D eigenvalue weighted by atomic mass is 10.1. The van der Waals surface area contributed by atoms with E-state index in [1.54, 1.807) is 43.3 Å².